The van der Waals surface area contributed by atoms with Gasteiger partial charge in [-0.25, -0.2) is 4.68 Å². The van der Waals surface area contributed by atoms with Gasteiger partial charge in [-0.1, -0.05) is 25.6 Å². The van der Waals surface area contributed by atoms with Crippen LogP contribution in [0.5, 0.6) is 0 Å². The lowest BCUT2D eigenvalue weighted by Gasteiger charge is -2.10. The molecule has 0 saturated heterocycles. The number of nitrogens with zero attached hydrogens (tertiary/aromatic N) is 4. The summed E-state index contributed by atoms with van der Waals surface area (Å²) >= 11 is 1.77. The van der Waals surface area contributed by atoms with Gasteiger partial charge in [0.25, 0.3) is 0 Å². The van der Waals surface area contributed by atoms with Crippen molar-refractivity contribution in [1.82, 2.24) is 25.5 Å². The molecule has 1 atom stereocenters. The van der Waals surface area contributed by atoms with Crippen LogP contribution in [0.15, 0.2) is 5.16 Å². The number of tetrazole rings is 1. The molecule has 1 fully saturated rings. The third-order valence-corrected chi connectivity index (χ3v) is 3.86. The highest BCUT2D eigenvalue weighted by atomic mass is 32.2. The Labute approximate surface area is 100 Å². The molecule has 1 unspecified atom stereocenters. The molecule has 1 aliphatic carbocycles. The van der Waals surface area contributed by atoms with Crippen molar-refractivity contribution >= 4 is 11.8 Å². The van der Waals surface area contributed by atoms with Crippen LogP contribution in [0.3, 0.4) is 0 Å². The molecular formula is C10H19N5S. The second kappa shape index (κ2) is 5.63. The number of thioether (sulfide) groups is 1. The van der Waals surface area contributed by atoms with E-state index < -0.39 is 0 Å². The minimum atomic E-state index is 0.571. The molecule has 1 aromatic heterocycles. The van der Waals surface area contributed by atoms with E-state index in [9.17, 15) is 0 Å². The molecule has 0 radical (unpaired) electrons. The first kappa shape index (κ1) is 11.9. The summed E-state index contributed by atoms with van der Waals surface area (Å²) in [6, 6.07) is 0.571. The zero-order valence-electron chi connectivity index (χ0n) is 9.89. The third kappa shape index (κ3) is 3.18. The predicted molar refractivity (Wildman–Crippen MR) is 64.5 cm³/mol. The Balaban J connectivity index is 1.77. The lowest BCUT2D eigenvalue weighted by molar-refractivity contribution is 0.558. The Bertz CT molecular complexity index is 323. The lowest BCUT2D eigenvalue weighted by atomic mass is 10.2. The van der Waals surface area contributed by atoms with Crippen LogP contribution in [0.2, 0.25) is 0 Å². The standard InChI is InChI=1S/C10H19N5S/c1-3-11-6-8(2)7-16-10-12-13-14-15(10)9-4-5-9/h8-9,11H,3-7H2,1-2H3. The van der Waals surface area contributed by atoms with E-state index in [-0.39, 0.29) is 0 Å². The average molecular weight is 241 g/mol. The number of hydrogen-bond donors (Lipinski definition) is 1. The number of hydrogen-bond acceptors (Lipinski definition) is 5. The van der Waals surface area contributed by atoms with Crippen LogP contribution in [-0.2, 0) is 0 Å². The topological polar surface area (TPSA) is 55.6 Å². The minimum absolute atomic E-state index is 0.571. The second-order valence-corrected chi connectivity index (χ2v) is 5.35. The zero-order valence-corrected chi connectivity index (χ0v) is 10.7. The highest BCUT2D eigenvalue weighted by molar-refractivity contribution is 7.99. The molecule has 0 amide bonds. The van der Waals surface area contributed by atoms with Gasteiger partial charge in [0, 0.05) is 5.75 Å². The van der Waals surface area contributed by atoms with Crippen LogP contribution in [-0.4, -0.2) is 39.0 Å². The van der Waals surface area contributed by atoms with E-state index >= 15 is 0 Å². The molecule has 0 bridgehead atoms. The third-order valence-electron chi connectivity index (χ3n) is 2.60. The summed E-state index contributed by atoms with van der Waals surface area (Å²) in [6.07, 6.45) is 2.46. The Morgan fingerprint density at radius 2 is 2.38 bits per heavy atom. The van der Waals surface area contributed by atoms with E-state index in [1.807, 2.05) is 4.68 Å². The van der Waals surface area contributed by atoms with Gasteiger partial charge in [0.05, 0.1) is 6.04 Å². The van der Waals surface area contributed by atoms with Gasteiger partial charge in [-0.3, -0.25) is 0 Å². The van der Waals surface area contributed by atoms with Gasteiger partial charge in [0.2, 0.25) is 5.16 Å². The van der Waals surface area contributed by atoms with Crippen LogP contribution in [0, 0.1) is 5.92 Å². The maximum Gasteiger partial charge on any atom is 0.209 e. The molecule has 2 rings (SSSR count). The van der Waals surface area contributed by atoms with Crippen molar-refractivity contribution in [3.8, 4) is 0 Å². The Morgan fingerprint density at radius 3 is 3.06 bits per heavy atom. The van der Waals surface area contributed by atoms with Gasteiger partial charge in [-0.2, -0.15) is 0 Å². The summed E-state index contributed by atoms with van der Waals surface area (Å²) < 4.78 is 1.98. The van der Waals surface area contributed by atoms with Crippen molar-refractivity contribution in [1.29, 1.82) is 0 Å². The maximum absolute atomic E-state index is 4.07. The molecule has 16 heavy (non-hydrogen) atoms. The van der Waals surface area contributed by atoms with Crippen molar-refractivity contribution in [3.63, 3.8) is 0 Å². The Kier molecular flexibility index (Phi) is 4.17. The monoisotopic (exact) mass is 241 g/mol. The fraction of sp³-hybridized carbons (Fsp3) is 0.900. The van der Waals surface area contributed by atoms with Crippen LogP contribution in [0.25, 0.3) is 0 Å². The van der Waals surface area contributed by atoms with E-state index in [0.717, 1.165) is 24.0 Å². The molecule has 0 aliphatic heterocycles. The summed E-state index contributed by atoms with van der Waals surface area (Å²) in [5, 5.41) is 16.2. The Morgan fingerprint density at radius 1 is 1.56 bits per heavy atom. The van der Waals surface area contributed by atoms with Crippen molar-refractivity contribution in [2.75, 3.05) is 18.8 Å². The molecule has 0 spiro atoms. The van der Waals surface area contributed by atoms with Gasteiger partial charge >= 0.3 is 0 Å². The van der Waals surface area contributed by atoms with E-state index in [4.69, 9.17) is 0 Å². The normalized spacial score (nSPS) is 17.6. The fourth-order valence-electron chi connectivity index (χ4n) is 1.50. The molecular weight excluding hydrogens is 222 g/mol. The first-order valence-corrected chi connectivity index (χ1v) is 6.91. The van der Waals surface area contributed by atoms with Crippen molar-refractivity contribution < 1.29 is 0 Å². The summed E-state index contributed by atoms with van der Waals surface area (Å²) in [5.41, 5.74) is 0. The number of rotatable bonds is 7. The van der Waals surface area contributed by atoms with Gasteiger partial charge in [-0.15, -0.1) is 5.10 Å². The average Bonchev–Trinajstić information content (AvgIpc) is 3.03. The Hall–Kier alpha value is -0.620. The number of aromatic nitrogens is 4. The summed E-state index contributed by atoms with van der Waals surface area (Å²) in [4.78, 5) is 0. The first-order valence-electron chi connectivity index (χ1n) is 5.92. The van der Waals surface area contributed by atoms with Crippen molar-refractivity contribution in [2.24, 2.45) is 5.92 Å². The maximum atomic E-state index is 4.07. The quantitative estimate of drug-likeness (QED) is 0.730. The summed E-state index contributed by atoms with van der Waals surface area (Å²) in [7, 11) is 0. The van der Waals surface area contributed by atoms with Crippen molar-refractivity contribution in [2.45, 2.75) is 37.9 Å². The highest BCUT2D eigenvalue weighted by Crippen LogP contribution is 2.36. The second-order valence-electron chi connectivity index (χ2n) is 4.36. The molecule has 1 heterocycles. The SMILES string of the molecule is CCNCC(C)CSc1nnnn1C1CC1. The molecule has 6 heteroatoms. The van der Waals surface area contributed by atoms with E-state index in [1.54, 1.807) is 11.8 Å². The van der Waals surface area contributed by atoms with Gasteiger partial charge in [-0.05, 0) is 42.3 Å². The molecule has 1 saturated carbocycles. The van der Waals surface area contributed by atoms with Crippen molar-refractivity contribution in [3.05, 3.63) is 0 Å². The molecule has 1 N–H and O–H groups in total. The molecule has 1 aromatic rings. The lowest BCUT2D eigenvalue weighted by Crippen LogP contribution is -2.22. The largest absolute Gasteiger partial charge is 0.317 e. The molecule has 90 valence electrons. The fourth-order valence-corrected chi connectivity index (χ4v) is 2.46. The smallest absolute Gasteiger partial charge is 0.209 e. The number of nitrogens with one attached hydrogen (secondary N) is 1. The summed E-state index contributed by atoms with van der Waals surface area (Å²) in [5.74, 6) is 1.72. The van der Waals surface area contributed by atoms with Gasteiger partial charge < -0.3 is 5.32 Å². The summed E-state index contributed by atoms with van der Waals surface area (Å²) in [6.45, 7) is 6.48. The van der Waals surface area contributed by atoms with E-state index in [2.05, 4.69) is 34.7 Å². The highest BCUT2D eigenvalue weighted by Gasteiger charge is 2.27. The minimum Gasteiger partial charge on any atom is -0.317 e. The molecule has 1 aliphatic rings. The van der Waals surface area contributed by atoms with Crippen LogP contribution in [0.4, 0.5) is 0 Å². The van der Waals surface area contributed by atoms with Crippen LogP contribution < -0.4 is 5.32 Å². The molecule has 0 aromatic carbocycles. The zero-order chi connectivity index (χ0) is 11.4. The predicted octanol–water partition coefficient (Wildman–Crippen LogP) is 1.35. The van der Waals surface area contributed by atoms with Crippen LogP contribution >= 0.6 is 11.8 Å². The van der Waals surface area contributed by atoms with E-state index in [0.29, 0.717) is 12.0 Å². The van der Waals surface area contributed by atoms with Gasteiger partial charge in [0.1, 0.15) is 0 Å². The first-order chi connectivity index (χ1) is 7.81. The van der Waals surface area contributed by atoms with Gasteiger partial charge in [0.15, 0.2) is 0 Å². The molecule has 5 nitrogen and oxygen atoms in total. The van der Waals surface area contributed by atoms with E-state index in [1.165, 1.54) is 12.8 Å². The van der Waals surface area contributed by atoms with Crippen LogP contribution in [0.1, 0.15) is 32.7 Å².